The number of carbonyl (C=O) groups is 1. The molecule has 7 nitrogen and oxygen atoms in total. The zero-order valence-corrected chi connectivity index (χ0v) is 16.9. The van der Waals surface area contributed by atoms with Crippen LogP contribution in [0, 0.1) is 0 Å². The average molecular weight is 394 g/mol. The van der Waals surface area contributed by atoms with Crippen LogP contribution in [0.5, 0.6) is 11.5 Å². The first kappa shape index (κ1) is 19.3. The predicted octanol–water partition coefficient (Wildman–Crippen LogP) is 2.31. The molecule has 0 aliphatic carbocycles. The summed E-state index contributed by atoms with van der Waals surface area (Å²) in [6.07, 6.45) is 0. The van der Waals surface area contributed by atoms with Crippen molar-refractivity contribution >= 4 is 16.9 Å². The van der Waals surface area contributed by atoms with Crippen LogP contribution in [-0.2, 0) is 18.4 Å². The first-order chi connectivity index (χ1) is 14.1. The van der Waals surface area contributed by atoms with E-state index >= 15 is 0 Å². The maximum atomic E-state index is 12.5. The van der Waals surface area contributed by atoms with E-state index in [0.717, 1.165) is 42.2 Å². The molecule has 0 radical (unpaired) electrons. The summed E-state index contributed by atoms with van der Waals surface area (Å²) in [7, 11) is 3.68. The monoisotopic (exact) mass is 394 g/mol. The second-order valence-corrected chi connectivity index (χ2v) is 7.20. The number of hydrogen-bond acceptors (Lipinski definition) is 5. The average Bonchev–Trinajstić information content (AvgIpc) is 3.08. The molecule has 0 saturated carbocycles. The van der Waals surface area contributed by atoms with Gasteiger partial charge in [-0.1, -0.05) is 12.1 Å². The summed E-state index contributed by atoms with van der Waals surface area (Å²) in [4.78, 5) is 21.4. The fourth-order valence-corrected chi connectivity index (χ4v) is 3.60. The Hall–Kier alpha value is -3.06. The Morgan fingerprint density at radius 2 is 1.69 bits per heavy atom. The fourth-order valence-electron chi connectivity index (χ4n) is 3.60. The highest BCUT2D eigenvalue weighted by atomic mass is 16.5. The summed E-state index contributed by atoms with van der Waals surface area (Å²) in [5, 5.41) is 0. The van der Waals surface area contributed by atoms with Crippen molar-refractivity contribution in [3.8, 4) is 11.5 Å². The molecule has 1 saturated heterocycles. The van der Waals surface area contributed by atoms with E-state index < -0.39 is 0 Å². The van der Waals surface area contributed by atoms with Gasteiger partial charge in [-0.05, 0) is 36.4 Å². The lowest BCUT2D eigenvalue weighted by Crippen LogP contribution is -2.49. The van der Waals surface area contributed by atoms with Gasteiger partial charge in [0.25, 0.3) is 5.91 Å². The second kappa shape index (κ2) is 8.53. The number of rotatable bonds is 6. The zero-order valence-electron chi connectivity index (χ0n) is 16.9. The van der Waals surface area contributed by atoms with Gasteiger partial charge in [0.05, 0.1) is 24.7 Å². The van der Waals surface area contributed by atoms with Gasteiger partial charge in [0.1, 0.15) is 17.3 Å². The number of aromatic nitrogens is 2. The van der Waals surface area contributed by atoms with E-state index in [0.29, 0.717) is 18.8 Å². The van der Waals surface area contributed by atoms with Gasteiger partial charge in [0.15, 0.2) is 6.61 Å². The molecule has 0 unspecified atom stereocenters. The predicted molar refractivity (Wildman–Crippen MR) is 111 cm³/mol. The molecule has 1 amide bonds. The third-order valence-electron chi connectivity index (χ3n) is 5.39. The van der Waals surface area contributed by atoms with Gasteiger partial charge in [0, 0.05) is 33.2 Å². The van der Waals surface area contributed by atoms with Crippen molar-refractivity contribution in [3.05, 3.63) is 54.4 Å². The van der Waals surface area contributed by atoms with Crippen LogP contribution in [-0.4, -0.2) is 65.2 Å². The van der Waals surface area contributed by atoms with E-state index in [4.69, 9.17) is 14.5 Å². The number of carbonyl (C=O) groups excluding carboxylic acids is 1. The van der Waals surface area contributed by atoms with Crippen molar-refractivity contribution in [1.82, 2.24) is 19.4 Å². The maximum absolute atomic E-state index is 12.5. The summed E-state index contributed by atoms with van der Waals surface area (Å²) < 4.78 is 12.9. The minimum atomic E-state index is 0.0169. The number of ether oxygens (including phenoxy) is 2. The molecule has 3 aromatic rings. The minimum Gasteiger partial charge on any atom is -0.497 e. The number of benzene rings is 2. The van der Waals surface area contributed by atoms with Gasteiger partial charge in [0.2, 0.25) is 0 Å². The molecule has 0 N–H and O–H groups in total. The van der Waals surface area contributed by atoms with Crippen LogP contribution < -0.4 is 9.47 Å². The summed E-state index contributed by atoms with van der Waals surface area (Å²) >= 11 is 0. The lowest BCUT2D eigenvalue weighted by molar-refractivity contribution is -0.135. The van der Waals surface area contributed by atoms with Crippen LogP contribution in [0.2, 0.25) is 0 Å². The molecule has 1 aliphatic rings. The number of methoxy groups -OCH3 is 1. The molecule has 0 spiro atoms. The Bertz CT molecular complexity index is 975. The van der Waals surface area contributed by atoms with E-state index in [1.165, 1.54) is 0 Å². The normalized spacial score (nSPS) is 14.9. The fraction of sp³-hybridized carbons (Fsp3) is 0.364. The number of piperazine rings is 1. The number of imidazole rings is 1. The number of para-hydroxylation sites is 2. The SMILES string of the molecule is COc1ccc(OCC(=O)N2CCN(Cc3nc4ccccc4n3C)CC2)cc1. The summed E-state index contributed by atoms with van der Waals surface area (Å²) in [5.41, 5.74) is 2.17. The minimum absolute atomic E-state index is 0.0169. The van der Waals surface area contributed by atoms with Gasteiger partial charge in [-0.25, -0.2) is 4.98 Å². The second-order valence-electron chi connectivity index (χ2n) is 7.20. The Morgan fingerprint density at radius 3 is 2.38 bits per heavy atom. The first-order valence-corrected chi connectivity index (χ1v) is 9.81. The highest BCUT2D eigenvalue weighted by Gasteiger charge is 2.22. The van der Waals surface area contributed by atoms with E-state index in [9.17, 15) is 4.79 Å². The van der Waals surface area contributed by atoms with E-state index in [2.05, 4.69) is 22.6 Å². The zero-order chi connectivity index (χ0) is 20.2. The molecule has 1 aliphatic heterocycles. The number of fused-ring (bicyclic) bond motifs is 1. The van der Waals surface area contributed by atoms with Crippen molar-refractivity contribution < 1.29 is 14.3 Å². The Labute approximate surface area is 170 Å². The largest absolute Gasteiger partial charge is 0.497 e. The maximum Gasteiger partial charge on any atom is 0.260 e. The Kier molecular flexibility index (Phi) is 5.67. The van der Waals surface area contributed by atoms with E-state index in [-0.39, 0.29) is 12.5 Å². The van der Waals surface area contributed by atoms with Gasteiger partial charge >= 0.3 is 0 Å². The van der Waals surface area contributed by atoms with Gasteiger partial charge in [-0.3, -0.25) is 9.69 Å². The first-order valence-electron chi connectivity index (χ1n) is 9.81. The number of amides is 1. The Balaban J connectivity index is 1.27. The van der Waals surface area contributed by atoms with Crippen LogP contribution in [0.15, 0.2) is 48.5 Å². The van der Waals surface area contributed by atoms with Crippen LogP contribution in [0.25, 0.3) is 11.0 Å². The topological polar surface area (TPSA) is 59.8 Å². The van der Waals surface area contributed by atoms with Crippen molar-refractivity contribution in [1.29, 1.82) is 0 Å². The third kappa shape index (κ3) is 4.35. The molecule has 1 aromatic heterocycles. The Morgan fingerprint density at radius 1 is 1.00 bits per heavy atom. The van der Waals surface area contributed by atoms with E-state index in [1.807, 2.05) is 35.2 Å². The van der Waals surface area contributed by atoms with Crippen molar-refractivity contribution in [2.45, 2.75) is 6.54 Å². The lowest BCUT2D eigenvalue weighted by atomic mass is 10.3. The molecule has 4 rings (SSSR count). The molecular formula is C22H26N4O3. The molecule has 2 heterocycles. The molecule has 7 heteroatoms. The standard InChI is InChI=1S/C22H26N4O3/c1-24-20-6-4-3-5-19(20)23-21(24)15-25-11-13-26(14-12-25)22(27)16-29-18-9-7-17(28-2)8-10-18/h3-10H,11-16H2,1-2H3. The summed E-state index contributed by atoms with van der Waals surface area (Å²) in [5.74, 6) is 2.50. The molecule has 0 bridgehead atoms. The molecule has 152 valence electrons. The number of hydrogen-bond donors (Lipinski definition) is 0. The molecule has 2 aromatic carbocycles. The number of nitrogens with zero attached hydrogens (tertiary/aromatic N) is 4. The summed E-state index contributed by atoms with van der Waals surface area (Å²) in [6, 6.07) is 15.4. The molecule has 1 fully saturated rings. The van der Waals surface area contributed by atoms with Gasteiger partial charge < -0.3 is 18.9 Å². The van der Waals surface area contributed by atoms with Crippen molar-refractivity contribution in [3.63, 3.8) is 0 Å². The van der Waals surface area contributed by atoms with Gasteiger partial charge in [-0.15, -0.1) is 0 Å². The lowest BCUT2D eigenvalue weighted by Gasteiger charge is -2.34. The van der Waals surface area contributed by atoms with Gasteiger partial charge in [-0.2, -0.15) is 0 Å². The van der Waals surface area contributed by atoms with Crippen LogP contribution >= 0.6 is 0 Å². The van der Waals surface area contributed by atoms with Crippen molar-refractivity contribution in [2.75, 3.05) is 39.9 Å². The third-order valence-corrected chi connectivity index (χ3v) is 5.39. The quantitative estimate of drug-likeness (QED) is 0.642. The molecule has 0 atom stereocenters. The number of aryl methyl sites for hydroxylation is 1. The van der Waals surface area contributed by atoms with E-state index in [1.54, 1.807) is 19.2 Å². The smallest absolute Gasteiger partial charge is 0.260 e. The van der Waals surface area contributed by atoms with Crippen molar-refractivity contribution in [2.24, 2.45) is 7.05 Å². The van der Waals surface area contributed by atoms with Crippen LogP contribution in [0.1, 0.15) is 5.82 Å². The van der Waals surface area contributed by atoms with Crippen LogP contribution in [0.3, 0.4) is 0 Å². The summed E-state index contributed by atoms with van der Waals surface area (Å²) in [6.45, 7) is 3.91. The molecular weight excluding hydrogens is 368 g/mol. The van der Waals surface area contributed by atoms with Crippen LogP contribution in [0.4, 0.5) is 0 Å². The molecule has 29 heavy (non-hydrogen) atoms. The highest BCUT2D eigenvalue weighted by molar-refractivity contribution is 5.78. The highest BCUT2D eigenvalue weighted by Crippen LogP contribution is 2.18.